The molecular formula is C18H27O5PS. The second kappa shape index (κ2) is 9.22. The van der Waals surface area contributed by atoms with E-state index >= 15 is 0 Å². The van der Waals surface area contributed by atoms with E-state index in [-0.39, 0.29) is 25.7 Å². The van der Waals surface area contributed by atoms with Gasteiger partial charge in [0.2, 0.25) is 0 Å². The molecule has 1 aliphatic carbocycles. The Kier molecular flexibility index (Phi) is 7.56. The van der Waals surface area contributed by atoms with Gasteiger partial charge >= 0.3 is 13.6 Å². The minimum absolute atomic E-state index is 0.214. The number of hydrogen-bond acceptors (Lipinski definition) is 6. The molecule has 1 aromatic rings. The fourth-order valence-electron chi connectivity index (χ4n) is 3.38. The molecule has 1 aromatic carbocycles. The highest BCUT2D eigenvalue weighted by atomic mass is 32.2. The third kappa shape index (κ3) is 4.48. The summed E-state index contributed by atoms with van der Waals surface area (Å²) in [6.45, 7) is 5.92. The fraction of sp³-hybridized carbons (Fsp3) is 0.611. The van der Waals surface area contributed by atoms with Crippen molar-refractivity contribution in [3.05, 3.63) is 29.3 Å². The van der Waals surface area contributed by atoms with E-state index in [1.54, 1.807) is 32.5 Å². The van der Waals surface area contributed by atoms with E-state index in [4.69, 9.17) is 13.8 Å². The molecule has 0 bridgehead atoms. The van der Waals surface area contributed by atoms with Crippen molar-refractivity contribution in [2.24, 2.45) is 0 Å². The normalized spacial score (nSPS) is 18.0. The van der Waals surface area contributed by atoms with Crippen LogP contribution in [0.2, 0.25) is 0 Å². The van der Waals surface area contributed by atoms with Crippen LogP contribution in [0.3, 0.4) is 0 Å². The lowest BCUT2D eigenvalue weighted by atomic mass is 9.97. The van der Waals surface area contributed by atoms with Gasteiger partial charge < -0.3 is 13.8 Å². The van der Waals surface area contributed by atoms with Crippen LogP contribution in [0.15, 0.2) is 23.1 Å². The van der Waals surface area contributed by atoms with Gasteiger partial charge in [0.05, 0.1) is 19.8 Å². The molecule has 140 valence electrons. The molecule has 0 heterocycles. The van der Waals surface area contributed by atoms with Gasteiger partial charge in [0.25, 0.3) is 0 Å². The van der Waals surface area contributed by atoms with E-state index in [9.17, 15) is 9.36 Å². The molecule has 0 radical (unpaired) electrons. The number of aryl methyl sites for hydroxylation is 1. The number of ether oxygens (including phenoxy) is 1. The highest BCUT2D eigenvalue weighted by Crippen LogP contribution is 2.60. The van der Waals surface area contributed by atoms with Gasteiger partial charge in [0.15, 0.2) is 5.66 Å². The van der Waals surface area contributed by atoms with Gasteiger partial charge in [-0.15, -0.1) is 11.8 Å². The van der Waals surface area contributed by atoms with Crippen LogP contribution in [0.25, 0.3) is 0 Å². The van der Waals surface area contributed by atoms with Crippen LogP contribution in [0.5, 0.6) is 0 Å². The first-order chi connectivity index (χ1) is 12.0. The number of carbonyl (C=O) groups is 1. The highest BCUT2D eigenvalue weighted by molar-refractivity contribution is 7.98. The lowest BCUT2D eigenvalue weighted by Gasteiger charge is -2.29. The van der Waals surface area contributed by atoms with Crippen molar-refractivity contribution in [1.82, 2.24) is 0 Å². The Labute approximate surface area is 154 Å². The van der Waals surface area contributed by atoms with E-state index in [1.165, 1.54) is 10.5 Å². The van der Waals surface area contributed by atoms with E-state index in [2.05, 4.69) is 6.07 Å². The molecule has 0 N–H and O–H groups in total. The van der Waals surface area contributed by atoms with E-state index in [0.29, 0.717) is 0 Å². The molecule has 0 spiro atoms. The first-order valence-electron chi connectivity index (χ1n) is 8.72. The van der Waals surface area contributed by atoms with Crippen LogP contribution in [-0.2, 0) is 29.6 Å². The smallest absolute Gasteiger partial charge is 0.345 e. The molecule has 5 nitrogen and oxygen atoms in total. The minimum atomic E-state index is -3.62. The fourth-order valence-corrected chi connectivity index (χ4v) is 6.04. The van der Waals surface area contributed by atoms with Crippen molar-refractivity contribution in [1.29, 1.82) is 0 Å². The zero-order valence-electron chi connectivity index (χ0n) is 15.3. The maximum absolute atomic E-state index is 13.4. The SMILES string of the molecule is CCOC(=O)C(C1CCc2cc(SC)ccc21)P(=O)(OCC)OCC. The van der Waals surface area contributed by atoms with Crippen LogP contribution in [-0.4, -0.2) is 37.7 Å². The van der Waals surface area contributed by atoms with Crippen molar-refractivity contribution in [2.75, 3.05) is 26.1 Å². The Bertz CT molecular complexity index is 638. The summed E-state index contributed by atoms with van der Waals surface area (Å²) in [5, 5.41) is 0. The highest BCUT2D eigenvalue weighted by Gasteiger charge is 2.49. The number of esters is 1. The van der Waals surface area contributed by atoms with Gasteiger partial charge in [0, 0.05) is 10.8 Å². The molecule has 0 amide bonds. The molecule has 2 atom stereocenters. The first-order valence-corrected chi connectivity index (χ1v) is 11.6. The Morgan fingerprint density at radius 2 is 1.92 bits per heavy atom. The molecule has 0 fully saturated rings. The maximum Gasteiger partial charge on any atom is 0.345 e. The van der Waals surface area contributed by atoms with Gasteiger partial charge in [-0.3, -0.25) is 9.36 Å². The summed E-state index contributed by atoms with van der Waals surface area (Å²) in [4.78, 5) is 13.9. The third-order valence-electron chi connectivity index (χ3n) is 4.34. The molecule has 25 heavy (non-hydrogen) atoms. The van der Waals surface area contributed by atoms with Crippen LogP contribution in [0, 0.1) is 0 Å². The van der Waals surface area contributed by atoms with Crippen LogP contribution in [0.1, 0.15) is 44.2 Å². The van der Waals surface area contributed by atoms with Gasteiger partial charge in [0.1, 0.15) is 0 Å². The Balaban J connectivity index is 2.44. The topological polar surface area (TPSA) is 61.8 Å². The molecule has 2 unspecified atom stereocenters. The van der Waals surface area contributed by atoms with Crippen molar-refractivity contribution in [3.8, 4) is 0 Å². The summed E-state index contributed by atoms with van der Waals surface area (Å²) in [5.74, 6) is -0.714. The molecular weight excluding hydrogens is 359 g/mol. The molecule has 0 aliphatic heterocycles. The second-order valence-corrected chi connectivity index (χ2v) is 8.81. The van der Waals surface area contributed by atoms with Crippen LogP contribution in [0.4, 0.5) is 0 Å². The Hall–Kier alpha value is -0.810. The van der Waals surface area contributed by atoms with E-state index in [1.807, 2.05) is 18.4 Å². The maximum atomic E-state index is 13.4. The van der Waals surface area contributed by atoms with Crippen molar-refractivity contribution < 1.29 is 23.1 Å². The summed E-state index contributed by atoms with van der Waals surface area (Å²) in [6, 6.07) is 6.22. The predicted octanol–water partition coefficient (Wildman–Crippen LogP) is 4.64. The minimum Gasteiger partial charge on any atom is -0.465 e. The summed E-state index contributed by atoms with van der Waals surface area (Å²) in [7, 11) is -3.62. The quantitative estimate of drug-likeness (QED) is 0.350. The molecule has 0 saturated heterocycles. The van der Waals surface area contributed by atoms with Crippen LogP contribution < -0.4 is 0 Å². The van der Waals surface area contributed by atoms with Gasteiger partial charge in [-0.2, -0.15) is 0 Å². The number of fused-ring (bicyclic) bond motifs is 1. The Morgan fingerprint density at radius 1 is 1.24 bits per heavy atom. The lowest BCUT2D eigenvalue weighted by Crippen LogP contribution is -2.31. The number of hydrogen-bond donors (Lipinski definition) is 0. The summed E-state index contributed by atoms with van der Waals surface area (Å²) in [5.41, 5.74) is 1.33. The van der Waals surface area contributed by atoms with Gasteiger partial charge in [-0.05, 0) is 63.1 Å². The average molecular weight is 386 g/mol. The van der Waals surface area contributed by atoms with Crippen molar-refractivity contribution >= 4 is 25.3 Å². The number of rotatable bonds is 9. The largest absolute Gasteiger partial charge is 0.465 e. The van der Waals surface area contributed by atoms with Crippen LogP contribution >= 0.6 is 19.4 Å². The number of benzene rings is 1. The third-order valence-corrected chi connectivity index (χ3v) is 7.56. The molecule has 7 heteroatoms. The molecule has 2 rings (SSSR count). The van der Waals surface area contributed by atoms with E-state index in [0.717, 1.165) is 18.4 Å². The first kappa shape index (κ1) is 20.5. The number of thioether (sulfide) groups is 1. The van der Waals surface area contributed by atoms with E-state index < -0.39 is 19.2 Å². The molecule has 0 aromatic heterocycles. The summed E-state index contributed by atoms with van der Waals surface area (Å²) >= 11 is 1.68. The molecule has 1 aliphatic rings. The van der Waals surface area contributed by atoms with Gasteiger partial charge in [-0.1, -0.05) is 6.07 Å². The molecule has 0 saturated carbocycles. The monoisotopic (exact) mass is 386 g/mol. The van der Waals surface area contributed by atoms with Crippen molar-refractivity contribution in [2.45, 2.75) is 50.1 Å². The zero-order valence-corrected chi connectivity index (χ0v) is 17.0. The van der Waals surface area contributed by atoms with Crippen molar-refractivity contribution in [3.63, 3.8) is 0 Å². The number of carbonyl (C=O) groups excluding carboxylic acids is 1. The zero-order chi connectivity index (χ0) is 18.4. The summed E-state index contributed by atoms with van der Waals surface area (Å²) in [6.07, 6.45) is 3.62. The Morgan fingerprint density at radius 3 is 2.48 bits per heavy atom. The summed E-state index contributed by atoms with van der Waals surface area (Å²) < 4.78 is 29.6. The average Bonchev–Trinajstić information content (AvgIpc) is 2.98. The standard InChI is InChI=1S/C18H27O5PS/c1-5-21-18(19)17(24(20,22-6-2)23-7-3)16-10-8-13-12-14(25-4)9-11-15(13)16/h9,11-12,16-17H,5-8,10H2,1-4H3. The van der Waals surface area contributed by atoms with Gasteiger partial charge in [-0.25, -0.2) is 0 Å². The predicted molar refractivity (Wildman–Crippen MR) is 101 cm³/mol. The second-order valence-electron chi connectivity index (χ2n) is 5.78. The lowest BCUT2D eigenvalue weighted by molar-refractivity contribution is -0.143.